The van der Waals surface area contributed by atoms with E-state index in [4.69, 9.17) is 4.74 Å². The molecular formula is C21H24N2O2. The third-order valence-electron chi connectivity index (χ3n) is 5.30. The van der Waals surface area contributed by atoms with Gasteiger partial charge in [-0.1, -0.05) is 18.2 Å². The van der Waals surface area contributed by atoms with Crippen molar-refractivity contribution in [3.8, 4) is 5.75 Å². The van der Waals surface area contributed by atoms with E-state index in [1.54, 1.807) is 7.11 Å². The summed E-state index contributed by atoms with van der Waals surface area (Å²) in [5.41, 5.74) is 4.79. The van der Waals surface area contributed by atoms with E-state index in [0.29, 0.717) is 6.54 Å². The molecule has 0 aromatic heterocycles. The van der Waals surface area contributed by atoms with Gasteiger partial charge in [-0.05, 0) is 61.6 Å². The van der Waals surface area contributed by atoms with Crippen LogP contribution in [0.4, 0.5) is 11.4 Å². The zero-order valence-electron chi connectivity index (χ0n) is 14.9. The highest BCUT2D eigenvalue weighted by atomic mass is 16.5. The predicted molar refractivity (Wildman–Crippen MR) is 101 cm³/mol. The molecule has 2 heterocycles. The van der Waals surface area contributed by atoms with E-state index < -0.39 is 0 Å². The number of carbonyl (C=O) groups is 1. The lowest BCUT2D eigenvalue weighted by atomic mass is 10.0. The number of rotatable bonds is 3. The van der Waals surface area contributed by atoms with Crippen molar-refractivity contribution >= 4 is 17.3 Å². The number of fused-ring (bicyclic) bond motifs is 2. The molecule has 4 heteroatoms. The van der Waals surface area contributed by atoms with Crippen LogP contribution < -0.4 is 14.5 Å². The number of hydrogen-bond donors (Lipinski definition) is 0. The maximum absolute atomic E-state index is 13.1. The molecule has 0 aliphatic carbocycles. The van der Waals surface area contributed by atoms with Gasteiger partial charge < -0.3 is 14.5 Å². The summed E-state index contributed by atoms with van der Waals surface area (Å²) in [5, 5.41) is 0. The van der Waals surface area contributed by atoms with E-state index in [9.17, 15) is 4.79 Å². The molecule has 2 aliphatic heterocycles. The van der Waals surface area contributed by atoms with Gasteiger partial charge in [0.25, 0.3) is 0 Å². The third-order valence-corrected chi connectivity index (χ3v) is 5.30. The Morgan fingerprint density at radius 3 is 2.84 bits per heavy atom. The fourth-order valence-electron chi connectivity index (χ4n) is 4.13. The van der Waals surface area contributed by atoms with Crippen LogP contribution in [-0.2, 0) is 17.6 Å². The molecule has 130 valence electrons. The van der Waals surface area contributed by atoms with Crippen molar-refractivity contribution < 1.29 is 9.53 Å². The monoisotopic (exact) mass is 336 g/mol. The molecule has 0 unspecified atom stereocenters. The second kappa shape index (κ2) is 6.43. The van der Waals surface area contributed by atoms with Crippen molar-refractivity contribution in [3.05, 3.63) is 53.6 Å². The standard InChI is InChI=1S/C21H24N2O2/c1-15-12-16-6-3-4-8-20(16)23(15)21(24)14-22-11-5-7-17-13-18(25-2)9-10-19(17)22/h3-4,6,8-10,13,15H,5,7,11-12,14H2,1-2H3/t15-/m0/s1. The molecule has 2 aromatic carbocycles. The van der Waals surface area contributed by atoms with Gasteiger partial charge in [0, 0.05) is 24.0 Å². The van der Waals surface area contributed by atoms with Crippen molar-refractivity contribution in [3.63, 3.8) is 0 Å². The fourth-order valence-corrected chi connectivity index (χ4v) is 4.13. The molecule has 0 saturated heterocycles. The maximum Gasteiger partial charge on any atom is 0.246 e. The number of nitrogens with zero attached hydrogens (tertiary/aromatic N) is 2. The number of methoxy groups -OCH3 is 1. The highest BCUT2D eigenvalue weighted by Crippen LogP contribution is 2.34. The molecular weight excluding hydrogens is 312 g/mol. The Balaban J connectivity index is 1.57. The van der Waals surface area contributed by atoms with Gasteiger partial charge in [0.2, 0.25) is 5.91 Å². The van der Waals surface area contributed by atoms with Crippen LogP contribution in [0.3, 0.4) is 0 Å². The minimum atomic E-state index is 0.182. The van der Waals surface area contributed by atoms with Crippen LogP contribution in [0, 0.1) is 0 Å². The number of amides is 1. The van der Waals surface area contributed by atoms with E-state index in [2.05, 4.69) is 36.1 Å². The summed E-state index contributed by atoms with van der Waals surface area (Å²) in [6, 6.07) is 14.6. The Labute approximate surface area is 149 Å². The van der Waals surface area contributed by atoms with Gasteiger partial charge in [0.15, 0.2) is 0 Å². The number of benzene rings is 2. The zero-order valence-corrected chi connectivity index (χ0v) is 14.9. The van der Waals surface area contributed by atoms with E-state index in [-0.39, 0.29) is 11.9 Å². The first kappa shape index (κ1) is 16.0. The molecule has 2 aliphatic rings. The van der Waals surface area contributed by atoms with Crippen molar-refractivity contribution in [2.45, 2.75) is 32.2 Å². The zero-order chi connectivity index (χ0) is 17.4. The summed E-state index contributed by atoms with van der Waals surface area (Å²) in [5.74, 6) is 1.06. The molecule has 0 N–H and O–H groups in total. The normalized spacial score (nSPS) is 18.7. The minimum Gasteiger partial charge on any atom is -0.497 e. The number of anilines is 2. The number of carbonyl (C=O) groups excluding carboxylic acids is 1. The van der Waals surface area contributed by atoms with E-state index >= 15 is 0 Å². The number of ether oxygens (including phenoxy) is 1. The van der Waals surface area contributed by atoms with Crippen molar-refractivity contribution in [2.75, 3.05) is 30.0 Å². The maximum atomic E-state index is 13.1. The van der Waals surface area contributed by atoms with Crippen molar-refractivity contribution in [1.82, 2.24) is 0 Å². The molecule has 0 radical (unpaired) electrons. The first-order valence-corrected chi connectivity index (χ1v) is 8.99. The third kappa shape index (κ3) is 2.86. The summed E-state index contributed by atoms with van der Waals surface area (Å²) in [4.78, 5) is 17.3. The van der Waals surface area contributed by atoms with E-state index in [1.807, 2.05) is 23.1 Å². The van der Waals surface area contributed by atoms with E-state index in [0.717, 1.165) is 37.2 Å². The Bertz CT molecular complexity index is 802. The molecule has 1 atom stereocenters. The summed E-state index contributed by atoms with van der Waals surface area (Å²) in [7, 11) is 1.69. The van der Waals surface area contributed by atoms with E-state index in [1.165, 1.54) is 16.8 Å². The topological polar surface area (TPSA) is 32.8 Å². The Hall–Kier alpha value is -2.49. The lowest BCUT2D eigenvalue weighted by Gasteiger charge is -2.33. The van der Waals surface area contributed by atoms with Crippen LogP contribution in [-0.4, -0.2) is 32.1 Å². The lowest BCUT2D eigenvalue weighted by molar-refractivity contribution is -0.117. The van der Waals surface area contributed by atoms with Crippen molar-refractivity contribution in [1.29, 1.82) is 0 Å². The molecule has 25 heavy (non-hydrogen) atoms. The molecule has 2 aromatic rings. The van der Waals surface area contributed by atoms with Gasteiger partial charge in [-0.15, -0.1) is 0 Å². The summed E-state index contributed by atoms with van der Waals surface area (Å²) >= 11 is 0. The SMILES string of the molecule is COc1ccc2c(c1)CCCN2CC(=O)N1c2ccccc2C[C@@H]1C. The molecule has 4 rings (SSSR count). The molecule has 0 spiro atoms. The van der Waals surface area contributed by atoms with Crippen LogP contribution in [0.25, 0.3) is 0 Å². The van der Waals surface area contributed by atoms with Crippen LogP contribution in [0.1, 0.15) is 24.5 Å². The smallest absolute Gasteiger partial charge is 0.246 e. The number of hydrogen-bond acceptors (Lipinski definition) is 3. The van der Waals surface area contributed by atoms with Crippen LogP contribution in [0.5, 0.6) is 5.75 Å². The molecule has 0 fully saturated rings. The second-order valence-corrected chi connectivity index (χ2v) is 6.97. The summed E-state index contributed by atoms with van der Waals surface area (Å²) < 4.78 is 5.34. The van der Waals surface area contributed by atoms with Gasteiger partial charge in [-0.2, -0.15) is 0 Å². The summed E-state index contributed by atoms with van der Waals surface area (Å²) in [6.45, 7) is 3.49. The van der Waals surface area contributed by atoms with Gasteiger partial charge in [-0.3, -0.25) is 4.79 Å². The summed E-state index contributed by atoms with van der Waals surface area (Å²) in [6.07, 6.45) is 3.05. The largest absolute Gasteiger partial charge is 0.497 e. The van der Waals surface area contributed by atoms with Crippen LogP contribution in [0.15, 0.2) is 42.5 Å². The second-order valence-electron chi connectivity index (χ2n) is 6.97. The van der Waals surface area contributed by atoms with Crippen LogP contribution >= 0.6 is 0 Å². The first-order chi connectivity index (χ1) is 12.2. The first-order valence-electron chi connectivity index (χ1n) is 8.99. The predicted octanol–water partition coefficient (Wildman–Crippen LogP) is 3.43. The molecule has 0 bridgehead atoms. The van der Waals surface area contributed by atoms with Gasteiger partial charge >= 0.3 is 0 Å². The van der Waals surface area contributed by atoms with Gasteiger partial charge in [0.05, 0.1) is 13.7 Å². The fraction of sp³-hybridized carbons (Fsp3) is 0.381. The lowest BCUT2D eigenvalue weighted by Crippen LogP contribution is -2.44. The van der Waals surface area contributed by atoms with Crippen LogP contribution in [0.2, 0.25) is 0 Å². The average molecular weight is 336 g/mol. The van der Waals surface area contributed by atoms with Gasteiger partial charge in [-0.25, -0.2) is 0 Å². The minimum absolute atomic E-state index is 0.182. The highest BCUT2D eigenvalue weighted by molar-refractivity contribution is 5.99. The Kier molecular flexibility index (Phi) is 4.12. The molecule has 1 amide bonds. The quantitative estimate of drug-likeness (QED) is 0.861. The molecule has 4 nitrogen and oxygen atoms in total. The average Bonchev–Trinajstić information content (AvgIpc) is 2.97. The highest BCUT2D eigenvalue weighted by Gasteiger charge is 2.32. The van der Waals surface area contributed by atoms with Crippen molar-refractivity contribution in [2.24, 2.45) is 0 Å². The molecule has 0 saturated carbocycles. The number of aryl methyl sites for hydroxylation is 1. The Morgan fingerprint density at radius 1 is 1.16 bits per heavy atom. The van der Waals surface area contributed by atoms with Gasteiger partial charge in [0.1, 0.15) is 5.75 Å². The Morgan fingerprint density at radius 2 is 2.00 bits per heavy atom. The number of para-hydroxylation sites is 1.